The Morgan fingerprint density at radius 3 is 2.33 bits per heavy atom. The minimum Gasteiger partial charge on any atom is -0.460 e. The number of carbonyl (C=O) groups is 1. The van der Waals surface area contributed by atoms with Gasteiger partial charge in [-0.1, -0.05) is 51.3 Å². The first-order chi connectivity index (χ1) is 8.68. The van der Waals surface area contributed by atoms with E-state index in [0.29, 0.717) is 0 Å². The molecule has 0 bridgehead atoms. The Kier molecular flexibility index (Phi) is 11.6. The van der Waals surface area contributed by atoms with E-state index in [0.717, 1.165) is 32.1 Å². The molecule has 0 atom stereocenters. The number of unbranched alkanes of at least 4 members (excludes halogenated alkanes) is 6. The molecule has 104 valence electrons. The van der Waals surface area contributed by atoms with Crippen LogP contribution in [-0.2, 0) is 9.53 Å². The third-order valence-electron chi connectivity index (χ3n) is 2.61. The maximum Gasteiger partial charge on any atom is 0.366 e. The van der Waals surface area contributed by atoms with Gasteiger partial charge in [0.15, 0.2) is 0 Å². The topological polar surface area (TPSA) is 26.3 Å². The van der Waals surface area contributed by atoms with Gasteiger partial charge in [-0.05, 0) is 25.7 Å². The standard InChI is InChI=1S/C15H25FO2/c1-3-4-5-6-7-8-9-10-11-12-13-18-15(17)14(2)16/h6-7H,2-5,8-13H2,1H3/b7-6+. The lowest BCUT2D eigenvalue weighted by atomic mass is 10.1. The Hall–Kier alpha value is -1.12. The predicted octanol–water partition coefficient (Wildman–Crippen LogP) is 4.71. The van der Waals surface area contributed by atoms with E-state index < -0.39 is 11.8 Å². The lowest BCUT2D eigenvalue weighted by Crippen LogP contribution is -2.05. The van der Waals surface area contributed by atoms with Crippen molar-refractivity contribution in [1.29, 1.82) is 0 Å². The molecule has 0 heterocycles. The molecule has 2 nitrogen and oxygen atoms in total. The summed E-state index contributed by atoms with van der Waals surface area (Å²) in [5.74, 6) is -1.96. The van der Waals surface area contributed by atoms with E-state index in [1.54, 1.807) is 0 Å². The largest absolute Gasteiger partial charge is 0.460 e. The second-order valence-corrected chi connectivity index (χ2v) is 4.36. The first-order valence-corrected chi connectivity index (χ1v) is 6.85. The highest BCUT2D eigenvalue weighted by Crippen LogP contribution is 2.06. The predicted molar refractivity (Wildman–Crippen MR) is 73.0 cm³/mol. The van der Waals surface area contributed by atoms with Crippen LogP contribution in [0.3, 0.4) is 0 Å². The molecule has 0 spiro atoms. The number of hydrogen-bond acceptors (Lipinski definition) is 2. The Morgan fingerprint density at radius 2 is 1.72 bits per heavy atom. The number of halogens is 1. The molecule has 0 N–H and O–H groups in total. The summed E-state index contributed by atoms with van der Waals surface area (Å²) < 4.78 is 16.9. The number of esters is 1. The van der Waals surface area contributed by atoms with Crippen molar-refractivity contribution in [2.45, 2.75) is 58.3 Å². The summed E-state index contributed by atoms with van der Waals surface area (Å²) in [6.07, 6.45) is 13.4. The van der Waals surface area contributed by atoms with Crippen LogP contribution in [0.15, 0.2) is 24.6 Å². The molecule has 0 saturated heterocycles. The maximum atomic E-state index is 12.2. The van der Waals surface area contributed by atoms with Crippen LogP contribution in [0.25, 0.3) is 0 Å². The van der Waals surface area contributed by atoms with Crippen molar-refractivity contribution in [3.63, 3.8) is 0 Å². The summed E-state index contributed by atoms with van der Waals surface area (Å²) in [7, 11) is 0. The monoisotopic (exact) mass is 256 g/mol. The molecule has 0 aliphatic carbocycles. The molecule has 0 rings (SSSR count). The van der Waals surface area contributed by atoms with Crippen LogP contribution < -0.4 is 0 Å². The van der Waals surface area contributed by atoms with Crippen molar-refractivity contribution in [1.82, 2.24) is 0 Å². The lowest BCUT2D eigenvalue weighted by Gasteiger charge is -2.02. The maximum absolute atomic E-state index is 12.2. The normalized spacial score (nSPS) is 10.8. The summed E-state index contributed by atoms with van der Waals surface area (Å²) >= 11 is 0. The van der Waals surface area contributed by atoms with Gasteiger partial charge in [-0.3, -0.25) is 0 Å². The van der Waals surface area contributed by atoms with Gasteiger partial charge < -0.3 is 4.74 Å². The van der Waals surface area contributed by atoms with Crippen molar-refractivity contribution in [3.05, 3.63) is 24.6 Å². The van der Waals surface area contributed by atoms with Crippen LogP contribution in [0.4, 0.5) is 4.39 Å². The number of ether oxygens (including phenoxy) is 1. The van der Waals surface area contributed by atoms with Crippen LogP contribution in [0, 0.1) is 0 Å². The molecule has 3 heteroatoms. The fraction of sp³-hybridized carbons (Fsp3) is 0.667. The molecule has 0 aliphatic rings. The van der Waals surface area contributed by atoms with E-state index in [2.05, 4.69) is 30.4 Å². The fourth-order valence-corrected chi connectivity index (χ4v) is 1.52. The molecule has 0 unspecified atom stereocenters. The van der Waals surface area contributed by atoms with Gasteiger partial charge in [0.05, 0.1) is 6.61 Å². The minimum absolute atomic E-state index is 0.286. The quantitative estimate of drug-likeness (QED) is 0.231. The molecule has 0 amide bonds. The molecular weight excluding hydrogens is 231 g/mol. The van der Waals surface area contributed by atoms with Crippen LogP contribution in [-0.4, -0.2) is 12.6 Å². The van der Waals surface area contributed by atoms with Crippen molar-refractivity contribution in [3.8, 4) is 0 Å². The Bertz CT molecular complexity index is 259. The molecule has 0 radical (unpaired) electrons. The number of carbonyl (C=O) groups excluding carboxylic acids is 1. The van der Waals surface area contributed by atoms with Gasteiger partial charge in [0, 0.05) is 0 Å². The van der Waals surface area contributed by atoms with Crippen molar-refractivity contribution in [2.75, 3.05) is 6.61 Å². The van der Waals surface area contributed by atoms with Gasteiger partial charge in [-0.2, -0.15) is 4.39 Å². The van der Waals surface area contributed by atoms with Crippen LogP contribution in [0.5, 0.6) is 0 Å². The van der Waals surface area contributed by atoms with Gasteiger partial charge in [0.25, 0.3) is 0 Å². The Labute approximate surface area is 110 Å². The second kappa shape index (κ2) is 12.3. The van der Waals surface area contributed by atoms with Crippen LogP contribution >= 0.6 is 0 Å². The van der Waals surface area contributed by atoms with Gasteiger partial charge in [0.1, 0.15) is 0 Å². The van der Waals surface area contributed by atoms with Gasteiger partial charge in [-0.15, -0.1) is 0 Å². The zero-order valence-corrected chi connectivity index (χ0v) is 11.4. The Morgan fingerprint density at radius 1 is 1.11 bits per heavy atom. The van der Waals surface area contributed by atoms with Crippen molar-refractivity contribution < 1.29 is 13.9 Å². The molecule has 0 aliphatic heterocycles. The van der Waals surface area contributed by atoms with E-state index in [-0.39, 0.29) is 6.61 Å². The summed E-state index contributed by atoms with van der Waals surface area (Å²) in [6.45, 7) is 5.36. The third-order valence-corrected chi connectivity index (χ3v) is 2.61. The third kappa shape index (κ3) is 11.4. The fourth-order valence-electron chi connectivity index (χ4n) is 1.52. The summed E-state index contributed by atoms with van der Waals surface area (Å²) in [4.78, 5) is 10.7. The highest BCUT2D eigenvalue weighted by atomic mass is 19.1. The molecule has 0 aromatic rings. The second-order valence-electron chi connectivity index (χ2n) is 4.36. The summed E-state index contributed by atoms with van der Waals surface area (Å²) in [5, 5.41) is 0. The molecule has 18 heavy (non-hydrogen) atoms. The molecular formula is C15H25FO2. The highest BCUT2D eigenvalue weighted by molar-refractivity contribution is 5.85. The van der Waals surface area contributed by atoms with E-state index in [1.165, 1.54) is 19.3 Å². The molecule has 0 aromatic carbocycles. The van der Waals surface area contributed by atoms with Gasteiger partial charge >= 0.3 is 5.97 Å². The van der Waals surface area contributed by atoms with E-state index in [9.17, 15) is 9.18 Å². The minimum atomic E-state index is -1.02. The van der Waals surface area contributed by atoms with Crippen molar-refractivity contribution >= 4 is 5.97 Å². The van der Waals surface area contributed by atoms with E-state index >= 15 is 0 Å². The first kappa shape index (κ1) is 16.9. The highest BCUT2D eigenvalue weighted by Gasteiger charge is 2.05. The van der Waals surface area contributed by atoms with E-state index in [4.69, 9.17) is 0 Å². The number of rotatable bonds is 11. The smallest absolute Gasteiger partial charge is 0.366 e. The van der Waals surface area contributed by atoms with Crippen LogP contribution in [0.2, 0.25) is 0 Å². The van der Waals surface area contributed by atoms with Crippen LogP contribution in [0.1, 0.15) is 58.3 Å². The number of allylic oxidation sites excluding steroid dienone is 2. The van der Waals surface area contributed by atoms with Gasteiger partial charge in [0.2, 0.25) is 5.83 Å². The first-order valence-electron chi connectivity index (χ1n) is 6.85. The van der Waals surface area contributed by atoms with Crippen molar-refractivity contribution in [2.24, 2.45) is 0 Å². The molecule has 0 aromatic heterocycles. The summed E-state index contributed by atoms with van der Waals surface area (Å²) in [5.41, 5.74) is 0. The molecule has 0 fully saturated rings. The zero-order valence-electron chi connectivity index (χ0n) is 11.4. The van der Waals surface area contributed by atoms with E-state index in [1.807, 2.05) is 0 Å². The molecule has 0 saturated carbocycles. The zero-order chi connectivity index (χ0) is 13.6. The van der Waals surface area contributed by atoms with Gasteiger partial charge in [-0.25, -0.2) is 4.79 Å². The average molecular weight is 256 g/mol. The SMILES string of the molecule is C=C(F)C(=O)OCCCCCC/C=C/CCCC. The summed E-state index contributed by atoms with van der Waals surface area (Å²) in [6, 6.07) is 0. The Balaban J connectivity index is 3.19. The average Bonchev–Trinajstić information content (AvgIpc) is 2.35. The lowest BCUT2D eigenvalue weighted by molar-refractivity contribution is -0.140. The number of hydrogen-bond donors (Lipinski definition) is 0.